The predicted octanol–water partition coefficient (Wildman–Crippen LogP) is -1.71. The van der Waals surface area contributed by atoms with Crippen LogP contribution in [-0.4, -0.2) is 24.5 Å². The molecular weight excluding hydrogens is 160 g/mol. The number of hydrogen-bond acceptors (Lipinski definition) is 2. The molecule has 1 heterocycles. The Morgan fingerprint density at radius 3 is 2.18 bits per heavy atom. The molecule has 0 bridgehead atoms. The maximum absolute atomic E-state index is 11.2. The van der Waals surface area contributed by atoms with Gasteiger partial charge in [-0.15, -0.1) is 0 Å². The molecule has 1 N–H and O–H groups in total. The highest BCUT2D eigenvalue weighted by atomic mass is 28.1. The van der Waals surface area contributed by atoms with E-state index >= 15 is 0 Å². The SMILES string of the molecule is Cn1c(O)c(C[SiH3])n(C)c1=O. The third-order valence-electron chi connectivity index (χ3n) is 1.89. The average molecular weight is 172 g/mol. The van der Waals surface area contributed by atoms with Gasteiger partial charge in [-0.3, -0.25) is 9.13 Å². The third kappa shape index (κ3) is 1.01. The Balaban J connectivity index is 3.48. The van der Waals surface area contributed by atoms with Crippen LogP contribution >= 0.6 is 0 Å². The van der Waals surface area contributed by atoms with E-state index in [-0.39, 0.29) is 11.6 Å². The smallest absolute Gasteiger partial charge is 0.330 e. The Labute approximate surface area is 67.5 Å². The van der Waals surface area contributed by atoms with Crippen molar-refractivity contribution in [2.24, 2.45) is 14.1 Å². The van der Waals surface area contributed by atoms with Gasteiger partial charge in [-0.05, 0) is 6.04 Å². The zero-order valence-corrected chi connectivity index (χ0v) is 8.96. The molecule has 0 aliphatic rings. The monoisotopic (exact) mass is 172 g/mol. The molecule has 0 aromatic carbocycles. The highest BCUT2D eigenvalue weighted by molar-refractivity contribution is 6.08. The molecule has 1 aromatic rings. The van der Waals surface area contributed by atoms with Crippen LogP contribution in [0.2, 0.25) is 0 Å². The Bertz CT molecular complexity index is 326. The van der Waals surface area contributed by atoms with Crippen molar-refractivity contribution in [1.82, 2.24) is 9.13 Å². The molecule has 0 saturated heterocycles. The van der Waals surface area contributed by atoms with Crippen molar-refractivity contribution in [3.05, 3.63) is 16.2 Å². The highest BCUT2D eigenvalue weighted by Gasteiger charge is 2.11. The molecule has 0 atom stereocenters. The molecule has 0 aliphatic heterocycles. The molecule has 5 heteroatoms. The van der Waals surface area contributed by atoms with Crippen LogP contribution in [0.5, 0.6) is 5.88 Å². The van der Waals surface area contributed by atoms with Gasteiger partial charge in [0.05, 0.1) is 5.69 Å². The van der Waals surface area contributed by atoms with Gasteiger partial charge < -0.3 is 5.11 Å². The first-order valence-corrected chi connectivity index (χ1v) is 4.94. The van der Waals surface area contributed by atoms with Gasteiger partial charge in [0.1, 0.15) is 0 Å². The lowest BCUT2D eigenvalue weighted by atomic mass is 10.5. The summed E-state index contributed by atoms with van der Waals surface area (Å²) in [5.41, 5.74) is 0.581. The van der Waals surface area contributed by atoms with E-state index in [1.54, 1.807) is 14.1 Å². The lowest BCUT2D eigenvalue weighted by Crippen LogP contribution is -2.20. The molecule has 62 valence electrons. The lowest BCUT2D eigenvalue weighted by molar-refractivity contribution is 0.425. The first-order valence-electron chi connectivity index (χ1n) is 3.53. The van der Waals surface area contributed by atoms with Crippen molar-refractivity contribution in [2.45, 2.75) is 6.04 Å². The maximum atomic E-state index is 11.2. The van der Waals surface area contributed by atoms with Gasteiger partial charge in [-0.25, -0.2) is 4.79 Å². The molecule has 0 saturated carbocycles. The van der Waals surface area contributed by atoms with Gasteiger partial charge in [0.15, 0.2) is 0 Å². The fourth-order valence-electron chi connectivity index (χ4n) is 1.17. The van der Waals surface area contributed by atoms with Gasteiger partial charge in [-0.2, -0.15) is 0 Å². The summed E-state index contributed by atoms with van der Waals surface area (Å²) < 4.78 is 2.75. The highest BCUT2D eigenvalue weighted by Crippen LogP contribution is 2.11. The summed E-state index contributed by atoms with van der Waals surface area (Å²) in [5.74, 6) is 0.104. The molecule has 0 radical (unpaired) electrons. The van der Waals surface area contributed by atoms with E-state index in [1.807, 2.05) is 0 Å². The normalized spacial score (nSPS) is 10.7. The van der Waals surface area contributed by atoms with Crippen molar-refractivity contribution in [2.75, 3.05) is 0 Å². The van der Waals surface area contributed by atoms with E-state index in [4.69, 9.17) is 0 Å². The van der Waals surface area contributed by atoms with E-state index in [2.05, 4.69) is 0 Å². The Kier molecular flexibility index (Phi) is 1.90. The fraction of sp³-hybridized carbons (Fsp3) is 0.500. The summed E-state index contributed by atoms with van der Waals surface area (Å²) in [6.07, 6.45) is 0. The number of nitrogens with zero attached hydrogens (tertiary/aromatic N) is 2. The minimum Gasteiger partial charge on any atom is -0.493 e. The quantitative estimate of drug-likeness (QED) is 0.513. The largest absolute Gasteiger partial charge is 0.493 e. The first kappa shape index (κ1) is 8.13. The summed E-state index contributed by atoms with van der Waals surface area (Å²) >= 11 is 0. The van der Waals surface area contributed by atoms with Crippen molar-refractivity contribution in [3.63, 3.8) is 0 Å². The second-order valence-electron chi connectivity index (χ2n) is 2.52. The summed E-state index contributed by atoms with van der Waals surface area (Å²) in [5, 5.41) is 9.36. The average Bonchev–Trinajstić information content (AvgIpc) is 2.17. The van der Waals surface area contributed by atoms with Crippen LogP contribution < -0.4 is 5.69 Å². The van der Waals surface area contributed by atoms with Crippen LogP contribution in [0.1, 0.15) is 5.69 Å². The van der Waals surface area contributed by atoms with Crippen molar-refractivity contribution in [3.8, 4) is 5.88 Å². The zero-order chi connectivity index (χ0) is 8.59. The van der Waals surface area contributed by atoms with E-state index < -0.39 is 0 Å². The molecule has 4 nitrogen and oxygen atoms in total. The maximum Gasteiger partial charge on any atom is 0.330 e. The molecule has 0 amide bonds. The minimum atomic E-state index is -0.159. The molecule has 1 aromatic heterocycles. The zero-order valence-electron chi connectivity index (χ0n) is 6.96. The fourth-order valence-corrected chi connectivity index (χ4v) is 1.96. The van der Waals surface area contributed by atoms with Gasteiger partial charge in [0, 0.05) is 24.3 Å². The lowest BCUT2D eigenvalue weighted by Gasteiger charge is -1.95. The van der Waals surface area contributed by atoms with Crippen LogP contribution in [0.3, 0.4) is 0 Å². The third-order valence-corrected chi connectivity index (χ3v) is 2.56. The Hall–Kier alpha value is -0.973. The summed E-state index contributed by atoms with van der Waals surface area (Å²) in [4.78, 5) is 11.2. The van der Waals surface area contributed by atoms with Crippen LogP contribution in [-0.2, 0) is 20.1 Å². The van der Waals surface area contributed by atoms with Crippen LogP contribution in [0.15, 0.2) is 4.79 Å². The van der Waals surface area contributed by atoms with E-state index in [1.165, 1.54) is 9.13 Å². The van der Waals surface area contributed by atoms with Gasteiger partial charge >= 0.3 is 5.69 Å². The van der Waals surface area contributed by atoms with Crippen LogP contribution in [0, 0.1) is 0 Å². The summed E-state index contributed by atoms with van der Waals surface area (Å²) in [6, 6.07) is 0.804. The summed E-state index contributed by atoms with van der Waals surface area (Å²) in [6.45, 7) is 0. The molecular formula is C6H12N2O2Si. The molecule has 1 rings (SSSR count). The van der Waals surface area contributed by atoms with Crippen molar-refractivity contribution in [1.29, 1.82) is 0 Å². The molecule has 0 aliphatic carbocycles. The molecule has 0 unspecified atom stereocenters. The Morgan fingerprint density at radius 1 is 1.45 bits per heavy atom. The summed E-state index contributed by atoms with van der Waals surface area (Å²) in [7, 11) is 4.20. The van der Waals surface area contributed by atoms with E-state index in [0.717, 1.165) is 22.0 Å². The first-order chi connectivity index (χ1) is 5.09. The van der Waals surface area contributed by atoms with Crippen LogP contribution in [0.25, 0.3) is 0 Å². The van der Waals surface area contributed by atoms with Crippen molar-refractivity contribution >= 4 is 10.2 Å². The number of aromatic hydroxyl groups is 1. The standard InChI is InChI=1S/C6H12N2O2Si/c1-7-4(3-11)5(9)8(2)6(7)10/h9H,3H2,1-2,11H3. The molecule has 0 spiro atoms. The minimum absolute atomic E-state index is 0.104. The van der Waals surface area contributed by atoms with Gasteiger partial charge in [-0.1, -0.05) is 0 Å². The van der Waals surface area contributed by atoms with Crippen molar-refractivity contribution < 1.29 is 5.11 Å². The van der Waals surface area contributed by atoms with Crippen LogP contribution in [0.4, 0.5) is 0 Å². The van der Waals surface area contributed by atoms with Gasteiger partial charge in [0.25, 0.3) is 0 Å². The topological polar surface area (TPSA) is 47.2 Å². The second kappa shape index (κ2) is 2.58. The Morgan fingerprint density at radius 2 is 2.00 bits per heavy atom. The van der Waals surface area contributed by atoms with Gasteiger partial charge in [0.2, 0.25) is 5.88 Å². The van der Waals surface area contributed by atoms with E-state index in [9.17, 15) is 9.90 Å². The number of imidazole rings is 1. The predicted molar refractivity (Wildman–Crippen MR) is 46.0 cm³/mol. The second-order valence-corrected chi connectivity index (χ2v) is 3.23. The number of hydrogen-bond donors (Lipinski definition) is 1. The molecule has 11 heavy (non-hydrogen) atoms. The molecule has 0 fully saturated rings. The van der Waals surface area contributed by atoms with E-state index in [0.29, 0.717) is 0 Å². The number of rotatable bonds is 1. The number of aromatic nitrogens is 2.